The van der Waals surface area contributed by atoms with Crippen molar-refractivity contribution in [1.29, 1.82) is 0 Å². The van der Waals surface area contributed by atoms with Crippen LogP contribution in [0.3, 0.4) is 0 Å². The van der Waals surface area contributed by atoms with Gasteiger partial charge in [0.15, 0.2) is 0 Å². The van der Waals surface area contributed by atoms with Gasteiger partial charge in [-0.15, -0.1) is 0 Å². The second-order valence-corrected chi connectivity index (χ2v) is 5.45. The number of nitrogens with one attached hydrogen (secondary N) is 2. The molecule has 2 aromatic rings. The van der Waals surface area contributed by atoms with Gasteiger partial charge in [-0.3, -0.25) is 9.89 Å². The molecule has 8 nitrogen and oxygen atoms in total. The highest BCUT2D eigenvalue weighted by molar-refractivity contribution is 5.93. The minimum Gasteiger partial charge on any atom is -0.478 e. The number of aryl methyl sites for hydroxylation is 1. The molecule has 0 aromatic carbocycles. The summed E-state index contributed by atoms with van der Waals surface area (Å²) in [5, 5.41) is 9.36. The van der Waals surface area contributed by atoms with Crippen LogP contribution in [0.15, 0.2) is 18.5 Å². The summed E-state index contributed by atoms with van der Waals surface area (Å²) < 4.78 is 5.46. The van der Waals surface area contributed by atoms with Gasteiger partial charge in [-0.05, 0) is 20.3 Å². The molecule has 1 aliphatic heterocycles. The Labute approximate surface area is 134 Å². The van der Waals surface area contributed by atoms with E-state index in [0.717, 1.165) is 18.8 Å². The fraction of sp³-hybridized carbons (Fsp3) is 0.467. The molecule has 0 saturated carbocycles. The summed E-state index contributed by atoms with van der Waals surface area (Å²) in [4.78, 5) is 23.1. The summed E-state index contributed by atoms with van der Waals surface area (Å²) in [6, 6.07) is 1.83. The van der Waals surface area contributed by atoms with E-state index in [1.54, 1.807) is 12.4 Å². The number of ether oxygens (including phenoxy) is 1. The lowest BCUT2D eigenvalue weighted by molar-refractivity contribution is -0.119. The van der Waals surface area contributed by atoms with Crippen molar-refractivity contribution in [2.45, 2.75) is 20.3 Å². The molecule has 0 aliphatic carbocycles. The van der Waals surface area contributed by atoms with Crippen molar-refractivity contribution < 1.29 is 9.53 Å². The maximum Gasteiger partial charge on any atom is 0.229 e. The lowest BCUT2D eigenvalue weighted by atomic mass is 10.1. The van der Waals surface area contributed by atoms with Gasteiger partial charge in [0.2, 0.25) is 11.8 Å². The summed E-state index contributed by atoms with van der Waals surface area (Å²) in [6.07, 6.45) is 4.04. The first kappa shape index (κ1) is 15.3. The van der Waals surface area contributed by atoms with Gasteiger partial charge in [0, 0.05) is 25.4 Å². The van der Waals surface area contributed by atoms with Crippen LogP contribution in [0, 0.1) is 12.8 Å². The number of rotatable bonds is 5. The normalized spacial score (nSPS) is 17.3. The lowest BCUT2D eigenvalue weighted by Crippen LogP contribution is -2.27. The first-order valence-corrected chi connectivity index (χ1v) is 7.68. The minimum atomic E-state index is -0.0734. The van der Waals surface area contributed by atoms with Crippen LogP contribution in [0.2, 0.25) is 0 Å². The molecular weight excluding hydrogens is 296 g/mol. The van der Waals surface area contributed by atoms with E-state index in [4.69, 9.17) is 4.74 Å². The van der Waals surface area contributed by atoms with E-state index in [-0.39, 0.29) is 11.8 Å². The van der Waals surface area contributed by atoms with E-state index in [1.165, 1.54) is 0 Å². The molecule has 3 rings (SSSR count). The van der Waals surface area contributed by atoms with Crippen molar-refractivity contribution in [2.75, 3.05) is 29.9 Å². The Bertz CT molecular complexity index is 673. The molecule has 1 unspecified atom stereocenters. The molecular formula is C15H20N6O2. The monoisotopic (exact) mass is 316 g/mol. The Kier molecular flexibility index (Phi) is 4.40. The predicted molar refractivity (Wildman–Crippen MR) is 85.5 cm³/mol. The second-order valence-electron chi connectivity index (χ2n) is 5.45. The number of carbonyl (C=O) groups excluding carboxylic acids is 1. The third-order valence-electron chi connectivity index (χ3n) is 3.74. The van der Waals surface area contributed by atoms with Gasteiger partial charge in [0.25, 0.3) is 0 Å². The summed E-state index contributed by atoms with van der Waals surface area (Å²) in [6.45, 7) is 5.73. The van der Waals surface area contributed by atoms with Crippen LogP contribution in [0.1, 0.15) is 19.2 Å². The molecule has 1 atom stereocenters. The third kappa shape index (κ3) is 3.58. The van der Waals surface area contributed by atoms with Gasteiger partial charge in [-0.25, -0.2) is 4.98 Å². The van der Waals surface area contributed by atoms with Crippen molar-refractivity contribution >= 4 is 17.4 Å². The molecule has 2 N–H and O–H groups in total. The Hall–Kier alpha value is -2.64. The van der Waals surface area contributed by atoms with Crippen LogP contribution in [0.5, 0.6) is 5.88 Å². The Balaban J connectivity index is 1.66. The standard InChI is InChI=1S/C15H20N6O2/c1-3-23-14-6-13(18-10(2)19-14)21-5-4-11(9-21)15(22)20-12-7-16-17-8-12/h6-8,11H,3-5,9H2,1-2H3,(H,16,17)(H,20,22). The number of hydrogen-bond acceptors (Lipinski definition) is 6. The van der Waals surface area contributed by atoms with Crippen LogP contribution in [0.25, 0.3) is 0 Å². The molecule has 1 amide bonds. The van der Waals surface area contributed by atoms with E-state index in [2.05, 4.69) is 30.4 Å². The molecule has 3 heterocycles. The lowest BCUT2D eigenvalue weighted by Gasteiger charge is -2.18. The van der Waals surface area contributed by atoms with E-state index >= 15 is 0 Å². The predicted octanol–water partition coefficient (Wildman–Crippen LogP) is 1.37. The van der Waals surface area contributed by atoms with Crippen LogP contribution in [0.4, 0.5) is 11.5 Å². The molecule has 122 valence electrons. The molecule has 23 heavy (non-hydrogen) atoms. The van der Waals surface area contributed by atoms with Gasteiger partial charge >= 0.3 is 0 Å². The van der Waals surface area contributed by atoms with Gasteiger partial charge in [-0.1, -0.05) is 0 Å². The molecule has 1 aliphatic rings. The van der Waals surface area contributed by atoms with Crippen molar-refractivity contribution in [2.24, 2.45) is 5.92 Å². The largest absolute Gasteiger partial charge is 0.478 e. The van der Waals surface area contributed by atoms with E-state index in [1.807, 2.05) is 19.9 Å². The highest BCUT2D eigenvalue weighted by atomic mass is 16.5. The maximum absolute atomic E-state index is 12.3. The molecule has 0 radical (unpaired) electrons. The SMILES string of the molecule is CCOc1cc(N2CCC(C(=O)Nc3cn[nH]c3)C2)nc(C)n1. The summed E-state index contributed by atoms with van der Waals surface area (Å²) in [7, 11) is 0. The molecule has 1 fully saturated rings. The number of aromatic nitrogens is 4. The Morgan fingerprint density at radius 1 is 1.52 bits per heavy atom. The van der Waals surface area contributed by atoms with Crippen LogP contribution in [-0.2, 0) is 4.79 Å². The highest BCUT2D eigenvalue weighted by Gasteiger charge is 2.29. The van der Waals surface area contributed by atoms with Gasteiger partial charge in [-0.2, -0.15) is 10.1 Å². The first-order valence-electron chi connectivity index (χ1n) is 7.68. The van der Waals surface area contributed by atoms with E-state index in [9.17, 15) is 4.79 Å². The van der Waals surface area contributed by atoms with Gasteiger partial charge in [0.1, 0.15) is 11.6 Å². The molecule has 0 spiro atoms. The zero-order valence-electron chi connectivity index (χ0n) is 13.2. The summed E-state index contributed by atoms with van der Waals surface area (Å²) in [5.41, 5.74) is 0.685. The first-order chi connectivity index (χ1) is 11.2. The molecule has 0 bridgehead atoms. The smallest absolute Gasteiger partial charge is 0.229 e. The number of H-pyrrole nitrogens is 1. The topological polar surface area (TPSA) is 96.0 Å². The summed E-state index contributed by atoms with van der Waals surface area (Å²) in [5.74, 6) is 1.97. The number of nitrogens with zero attached hydrogens (tertiary/aromatic N) is 4. The van der Waals surface area contributed by atoms with E-state index in [0.29, 0.717) is 30.5 Å². The van der Waals surface area contributed by atoms with Gasteiger partial charge in [0.05, 0.1) is 24.4 Å². The Morgan fingerprint density at radius 2 is 2.39 bits per heavy atom. The van der Waals surface area contributed by atoms with Crippen LogP contribution >= 0.6 is 0 Å². The quantitative estimate of drug-likeness (QED) is 0.865. The third-order valence-corrected chi connectivity index (χ3v) is 3.74. The van der Waals surface area contributed by atoms with Crippen LogP contribution < -0.4 is 15.0 Å². The molecule has 1 saturated heterocycles. The minimum absolute atomic E-state index is 0.00436. The second kappa shape index (κ2) is 6.64. The summed E-state index contributed by atoms with van der Waals surface area (Å²) >= 11 is 0. The highest BCUT2D eigenvalue weighted by Crippen LogP contribution is 2.25. The van der Waals surface area contributed by atoms with Crippen molar-refractivity contribution in [3.8, 4) is 5.88 Å². The number of aromatic amines is 1. The van der Waals surface area contributed by atoms with Crippen molar-refractivity contribution in [3.05, 3.63) is 24.3 Å². The van der Waals surface area contributed by atoms with Crippen LogP contribution in [-0.4, -0.2) is 45.8 Å². The zero-order valence-corrected chi connectivity index (χ0v) is 13.2. The number of hydrogen-bond donors (Lipinski definition) is 2. The van der Waals surface area contributed by atoms with E-state index < -0.39 is 0 Å². The fourth-order valence-corrected chi connectivity index (χ4v) is 2.65. The fourth-order valence-electron chi connectivity index (χ4n) is 2.65. The number of amides is 1. The van der Waals surface area contributed by atoms with Crippen molar-refractivity contribution in [3.63, 3.8) is 0 Å². The molecule has 2 aromatic heterocycles. The maximum atomic E-state index is 12.3. The number of anilines is 2. The average molecular weight is 316 g/mol. The van der Waals surface area contributed by atoms with Crippen molar-refractivity contribution in [1.82, 2.24) is 20.2 Å². The zero-order chi connectivity index (χ0) is 16.2. The number of carbonyl (C=O) groups is 1. The average Bonchev–Trinajstić information content (AvgIpc) is 3.18. The van der Waals surface area contributed by atoms with Gasteiger partial charge < -0.3 is 15.0 Å². The Morgan fingerprint density at radius 3 is 3.13 bits per heavy atom. The molecule has 8 heteroatoms.